The lowest BCUT2D eigenvalue weighted by atomic mass is 10.2. The molecule has 1 atom stereocenters. The molecule has 0 aliphatic carbocycles. The smallest absolute Gasteiger partial charge is 0.376 e. The first-order valence-corrected chi connectivity index (χ1v) is 8.37. The van der Waals surface area contributed by atoms with E-state index >= 15 is 0 Å². The van der Waals surface area contributed by atoms with Crippen LogP contribution in [0.5, 0.6) is 0 Å². The minimum absolute atomic E-state index is 0.0382. The molecule has 0 radical (unpaired) electrons. The summed E-state index contributed by atoms with van der Waals surface area (Å²) in [6, 6.07) is 0.515. The lowest BCUT2D eigenvalue weighted by molar-refractivity contribution is -0.138. The number of carbonyl (C=O) groups excluding carboxylic acids is 1. The van der Waals surface area contributed by atoms with Crippen molar-refractivity contribution in [2.45, 2.75) is 31.7 Å². The third kappa shape index (κ3) is 5.85. The monoisotopic (exact) mass is 412 g/mol. The average molecular weight is 413 g/mol. The van der Waals surface area contributed by atoms with Crippen LogP contribution in [-0.4, -0.2) is 34.8 Å². The van der Waals surface area contributed by atoms with Gasteiger partial charge in [0.2, 0.25) is 0 Å². The van der Waals surface area contributed by atoms with Gasteiger partial charge in [-0.25, -0.2) is 0 Å². The Morgan fingerprint density at radius 1 is 1.42 bits per heavy atom. The Balaban J connectivity index is 1.88. The van der Waals surface area contributed by atoms with Gasteiger partial charge in [-0.2, -0.15) is 13.2 Å². The van der Waals surface area contributed by atoms with Crippen LogP contribution in [0.4, 0.5) is 13.2 Å². The normalized spacial score (nSPS) is 17.0. The largest absolute Gasteiger partial charge is 0.417 e. The maximum absolute atomic E-state index is 12.8. The SMILES string of the molecule is O=C(Cn1cc(C(F)(F)F)cc(Cl)c1=O)NNC(=S)NC[C@H]1CCCO1. The van der Waals surface area contributed by atoms with E-state index in [1.54, 1.807) is 0 Å². The number of hydrazine groups is 1. The summed E-state index contributed by atoms with van der Waals surface area (Å²) in [4.78, 5) is 23.6. The number of aromatic nitrogens is 1. The van der Waals surface area contributed by atoms with Crippen LogP contribution >= 0.6 is 23.8 Å². The van der Waals surface area contributed by atoms with E-state index in [4.69, 9.17) is 28.6 Å². The second kappa shape index (κ2) is 8.69. The molecular weight excluding hydrogens is 397 g/mol. The Kier molecular flexibility index (Phi) is 6.84. The van der Waals surface area contributed by atoms with Gasteiger partial charge in [0.05, 0.1) is 11.7 Å². The minimum atomic E-state index is -4.69. The summed E-state index contributed by atoms with van der Waals surface area (Å²) in [7, 11) is 0. The van der Waals surface area contributed by atoms with Gasteiger partial charge in [0.1, 0.15) is 11.6 Å². The second-order valence-corrected chi connectivity index (χ2v) is 6.34. The molecule has 144 valence electrons. The lowest BCUT2D eigenvalue weighted by Gasteiger charge is -2.15. The molecule has 1 saturated heterocycles. The van der Waals surface area contributed by atoms with Crippen LogP contribution in [0.1, 0.15) is 18.4 Å². The number of nitrogens with one attached hydrogen (secondary N) is 3. The van der Waals surface area contributed by atoms with Crippen molar-refractivity contribution in [2.75, 3.05) is 13.2 Å². The number of thiocarbonyl (C=S) groups is 1. The zero-order valence-corrected chi connectivity index (χ0v) is 14.9. The second-order valence-electron chi connectivity index (χ2n) is 5.53. The fourth-order valence-electron chi connectivity index (χ4n) is 2.25. The maximum Gasteiger partial charge on any atom is 0.417 e. The van der Waals surface area contributed by atoms with E-state index < -0.39 is 34.8 Å². The number of alkyl halides is 3. The number of hydrogen-bond donors (Lipinski definition) is 3. The van der Waals surface area contributed by atoms with Crippen molar-refractivity contribution in [3.05, 3.63) is 33.2 Å². The van der Waals surface area contributed by atoms with Crippen molar-refractivity contribution in [1.82, 2.24) is 20.7 Å². The number of carbonyl (C=O) groups is 1. The number of nitrogens with zero attached hydrogens (tertiary/aromatic N) is 1. The van der Waals surface area contributed by atoms with Gasteiger partial charge in [0.25, 0.3) is 11.5 Å². The van der Waals surface area contributed by atoms with Crippen molar-refractivity contribution < 1.29 is 22.7 Å². The van der Waals surface area contributed by atoms with Crippen molar-refractivity contribution >= 4 is 34.8 Å². The summed E-state index contributed by atoms with van der Waals surface area (Å²) in [5.41, 5.74) is 2.56. The number of halogens is 4. The van der Waals surface area contributed by atoms with Crippen LogP contribution in [0.3, 0.4) is 0 Å². The first-order chi connectivity index (χ1) is 12.2. The van der Waals surface area contributed by atoms with Crippen molar-refractivity contribution in [2.24, 2.45) is 0 Å². The van der Waals surface area contributed by atoms with Gasteiger partial charge in [-0.3, -0.25) is 20.4 Å². The highest BCUT2D eigenvalue weighted by atomic mass is 35.5. The van der Waals surface area contributed by atoms with Crippen LogP contribution in [0, 0.1) is 0 Å². The Morgan fingerprint density at radius 2 is 2.15 bits per heavy atom. The van der Waals surface area contributed by atoms with Crippen LogP contribution in [0.15, 0.2) is 17.1 Å². The summed E-state index contributed by atoms with van der Waals surface area (Å²) in [6.45, 7) is 0.492. The Morgan fingerprint density at radius 3 is 2.77 bits per heavy atom. The number of rotatable bonds is 4. The zero-order valence-electron chi connectivity index (χ0n) is 13.4. The summed E-state index contributed by atoms with van der Waals surface area (Å²) < 4.78 is 44.2. The van der Waals surface area contributed by atoms with E-state index in [-0.39, 0.29) is 11.2 Å². The summed E-state index contributed by atoms with van der Waals surface area (Å²) in [6.07, 6.45) is -2.25. The summed E-state index contributed by atoms with van der Waals surface area (Å²) in [5, 5.41) is 2.32. The molecule has 2 rings (SSSR count). The predicted molar refractivity (Wildman–Crippen MR) is 91.6 cm³/mol. The maximum atomic E-state index is 12.8. The Labute approximate surface area is 156 Å². The number of ether oxygens (including phenoxy) is 1. The van der Waals surface area contributed by atoms with E-state index in [2.05, 4.69) is 16.2 Å². The summed E-state index contributed by atoms with van der Waals surface area (Å²) in [5.74, 6) is -0.774. The fraction of sp³-hybridized carbons (Fsp3) is 0.500. The van der Waals surface area contributed by atoms with Gasteiger partial charge in [-0.15, -0.1) is 0 Å². The van der Waals surface area contributed by atoms with Crippen LogP contribution in [0.25, 0.3) is 0 Å². The molecule has 1 aromatic heterocycles. The Hall–Kier alpha value is -1.85. The molecule has 7 nitrogen and oxygen atoms in total. The number of pyridine rings is 1. The standard InChI is InChI=1S/C14H16ClF3N4O3S/c15-10-4-8(14(16,17)18)6-22(12(10)24)7-11(23)20-21-13(26)19-5-9-2-1-3-25-9/h4,6,9H,1-3,5,7H2,(H,20,23)(H2,19,21,26)/t9-/m1/s1. The molecule has 26 heavy (non-hydrogen) atoms. The molecule has 0 aromatic carbocycles. The van der Waals surface area contributed by atoms with E-state index in [1.807, 2.05) is 0 Å². The van der Waals surface area contributed by atoms with Crippen LogP contribution < -0.4 is 21.7 Å². The molecule has 1 fully saturated rings. The number of amides is 1. The molecular formula is C14H16ClF3N4O3S. The van der Waals surface area contributed by atoms with Gasteiger partial charge < -0.3 is 14.6 Å². The molecule has 12 heteroatoms. The van der Waals surface area contributed by atoms with Gasteiger partial charge in [-0.05, 0) is 31.1 Å². The third-order valence-electron chi connectivity index (χ3n) is 3.51. The molecule has 0 spiro atoms. The minimum Gasteiger partial charge on any atom is -0.376 e. The molecule has 1 aliphatic heterocycles. The van der Waals surface area contributed by atoms with E-state index in [1.165, 1.54) is 0 Å². The highest BCUT2D eigenvalue weighted by Gasteiger charge is 2.32. The van der Waals surface area contributed by atoms with E-state index in [0.717, 1.165) is 12.8 Å². The van der Waals surface area contributed by atoms with Crippen LogP contribution in [-0.2, 0) is 22.3 Å². The van der Waals surface area contributed by atoms with E-state index in [9.17, 15) is 22.8 Å². The molecule has 0 unspecified atom stereocenters. The van der Waals surface area contributed by atoms with Crippen molar-refractivity contribution in [3.8, 4) is 0 Å². The highest BCUT2D eigenvalue weighted by Crippen LogP contribution is 2.29. The topological polar surface area (TPSA) is 84.4 Å². The third-order valence-corrected chi connectivity index (χ3v) is 4.03. The van der Waals surface area contributed by atoms with Crippen molar-refractivity contribution in [1.29, 1.82) is 0 Å². The quantitative estimate of drug-likeness (QED) is 0.509. The first-order valence-electron chi connectivity index (χ1n) is 7.58. The zero-order chi connectivity index (χ0) is 19.3. The molecule has 0 bridgehead atoms. The number of hydrogen-bond acceptors (Lipinski definition) is 4. The lowest BCUT2D eigenvalue weighted by Crippen LogP contribution is -2.49. The molecule has 1 aromatic rings. The average Bonchev–Trinajstić information content (AvgIpc) is 3.07. The van der Waals surface area contributed by atoms with Crippen molar-refractivity contribution in [3.63, 3.8) is 0 Å². The highest BCUT2D eigenvalue weighted by molar-refractivity contribution is 7.80. The molecule has 3 N–H and O–H groups in total. The predicted octanol–water partition coefficient (Wildman–Crippen LogP) is 1.19. The van der Waals surface area contributed by atoms with Gasteiger partial charge in [0.15, 0.2) is 5.11 Å². The van der Waals surface area contributed by atoms with Gasteiger partial charge in [-0.1, -0.05) is 11.6 Å². The molecule has 0 saturated carbocycles. The summed E-state index contributed by atoms with van der Waals surface area (Å²) >= 11 is 10.5. The van der Waals surface area contributed by atoms with Gasteiger partial charge >= 0.3 is 6.18 Å². The van der Waals surface area contributed by atoms with Gasteiger partial charge in [0, 0.05) is 19.3 Å². The Bertz CT molecular complexity index is 735. The fourth-order valence-corrected chi connectivity index (χ4v) is 2.61. The first kappa shape index (κ1) is 20.5. The molecule has 1 aliphatic rings. The van der Waals surface area contributed by atoms with Crippen LogP contribution in [0.2, 0.25) is 5.02 Å². The molecule has 2 heterocycles. The molecule has 1 amide bonds. The van der Waals surface area contributed by atoms with E-state index in [0.29, 0.717) is 30.0 Å².